The van der Waals surface area contributed by atoms with Gasteiger partial charge in [0.05, 0.1) is 22.0 Å². The first-order valence-electron chi connectivity index (χ1n) is 8.94. The Balaban J connectivity index is 2.38. The highest BCUT2D eigenvalue weighted by Crippen LogP contribution is 2.27. The van der Waals surface area contributed by atoms with E-state index in [-0.39, 0.29) is 35.0 Å². The first-order valence-corrected chi connectivity index (χ1v) is 10.4. The smallest absolute Gasteiger partial charge is 0.340 e. The molecular formula is C19H23N3O7S. The highest BCUT2D eigenvalue weighted by atomic mass is 32.2. The number of anilines is 1. The molecule has 2 aromatic rings. The van der Waals surface area contributed by atoms with Gasteiger partial charge in [-0.3, -0.25) is 10.1 Å². The SMILES string of the molecule is CC(OC(=O)c1cc(S(=O)(=O)N(C)C)ccc1NCCO)c1cccc([N+](=O)[O-])c1. The van der Waals surface area contributed by atoms with Gasteiger partial charge < -0.3 is 15.2 Å². The number of aliphatic hydroxyl groups is 1. The van der Waals surface area contributed by atoms with E-state index in [9.17, 15) is 23.3 Å². The van der Waals surface area contributed by atoms with Crippen molar-refractivity contribution in [2.45, 2.75) is 17.9 Å². The van der Waals surface area contributed by atoms with Crippen LogP contribution in [-0.2, 0) is 14.8 Å². The quantitative estimate of drug-likeness (QED) is 0.346. The monoisotopic (exact) mass is 437 g/mol. The number of nitro groups is 1. The van der Waals surface area contributed by atoms with Crippen molar-refractivity contribution in [3.8, 4) is 0 Å². The second kappa shape index (κ2) is 9.65. The molecule has 0 radical (unpaired) electrons. The number of nitrogens with one attached hydrogen (secondary N) is 1. The zero-order valence-corrected chi connectivity index (χ0v) is 17.5. The molecule has 2 rings (SSSR count). The fourth-order valence-corrected chi connectivity index (χ4v) is 3.52. The summed E-state index contributed by atoms with van der Waals surface area (Å²) in [6.45, 7) is 1.50. The number of carbonyl (C=O) groups excluding carboxylic acids is 1. The molecule has 0 aliphatic rings. The molecule has 0 saturated carbocycles. The Morgan fingerprint density at radius 1 is 1.27 bits per heavy atom. The molecule has 0 heterocycles. The summed E-state index contributed by atoms with van der Waals surface area (Å²) in [5.41, 5.74) is 0.529. The molecular weight excluding hydrogens is 414 g/mol. The summed E-state index contributed by atoms with van der Waals surface area (Å²) < 4.78 is 31.3. The topological polar surface area (TPSA) is 139 Å². The number of non-ortho nitro benzene ring substituents is 1. The van der Waals surface area contributed by atoms with Gasteiger partial charge in [-0.2, -0.15) is 0 Å². The Kier molecular flexibility index (Phi) is 7.48. The number of hydrogen-bond donors (Lipinski definition) is 2. The summed E-state index contributed by atoms with van der Waals surface area (Å²) in [6, 6.07) is 9.65. The van der Waals surface area contributed by atoms with E-state index in [4.69, 9.17) is 9.84 Å². The van der Waals surface area contributed by atoms with Crippen LogP contribution in [-0.4, -0.2) is 56.0 Å². The molecule has 162 valence electrons. The number of carbonyl (C=O) groups is 1. The number of aliphatic hydroxyl groups excluding tert-OH is 1. The lowest BCUT2D eigenvalue weighted by Gasteiger charge is -2.18. The van der Waals surface area contributed by atoms with Crippen LogP contribution in [0.2, 0.25) is 0 Å². The number of rotatable bonds is 9. The Morgan fingerprint density at radius 2 is 1.97 bits per heavy atom. The number of benzene rings is 2. The van der Waals surface area contributed by atoms with Crippen molar-refractivity contribution in [2.75, 3.05) is 32.6 Å². The van der Waals surface area contributed by atoms with Gasteiger partial charge in [-0.1, -0.05) is 12.1 Å². The second-order valence-electron chi connectivity index (χ2n) is 6.54. The first-order chi connectivity index (χ1) is 14.1. The average molecular weight is 437 g/mol. The van der Waals surface area contributed by atoms with E-state index < -0.39 is 27.0 Å². The fraction of sp³-hybridized carbons (Fsp3) is 0.316. The van der Waals surface area contributed by atoms with Crippen LogP contribution < -0.4 is 5.32 Å². The number of nitrogens with zero attached hydrogens (tertiary/aromatic N) is 2. The predicted molar refractivity (Wildman–Crippen MR) is 110 cm³/mol. The van der Waals surface area contributed by atoms with Crippen molar-refractivity contribution in [3.63, 3.8) is 0 Å². The average Bonchev–Trinajstić information content (AvgIpc) is 2.71. The van der Waals surface area contributed by atoms with E-state index in [0.29, 0.717) is 5.56 Å². The van der Waals surface area contributed by atoms with E-state index in [0.717, 1.165) is 4.31 Å². The van der Waals surface area contributed by atoms with Crippen molar-refractivity contribution in [1.82, 2.24) is 4.31 Å². The highest BCUT2D eigenvalue weighted by Gasteiger charge is 2.23. The Hall–Kier alpha value is -3.02. The largest absolute Gasteiger partial charge is 0.454 e. The third kappa shape index (κ3) is 5.32. The predicted octanol–water partition coefficient (Wildman–Crippen LogP) is 2.17. The van der Waals surface area contributed by atoms with Gasteiger partial charge in [-0.25, -0.2) is 17.5 Å². The minimum Gasteiger partial charge on any atom is -0.454 e. The van der Waals surface area contributed by atoms with Gasteiger partial charge in [0.15, 0.2) is 0 Å². The van der Waals surface area contributed by atoms with Crippen LogP contribution in [0.4, 0.5) is 11.4 Å². The third-order valence-corrected chi connectivity index (χ3v) is 6.06. The molecule has 0 amide bonds. The standard InChI is InChI=1S/C19H23N3O7S/c1-13(14-5-4-6-15(11-14)22(25)26)29-19(24)17-12-16(30(27,28)21(2)3)7-8-18(17)20-9-10-23/h4-8,11-13,20,23H,9-10H2,1-3H3. The molecule has 30 heavy (non-hydrogen) atoms. The summed E-state index contributed by atoms with van der Waals surface area (Å²) in [6.07, 6.45) is -0.822. The van der Waals surface area contributed by atoms with Crippen LogP contribution in [0.5, 0.6) is 0 Å². The van der Waals surface area contributed by atoms with Crippen molar-refractivity contribution in [1.29, 1.82) is 0 Å². The second-order valence-corrected chi connectivity index (χ2v) is 8.70. The van der Waals surface area contributed by atoms with Crippen molar-refractivity contribution in [2.24, 2.45) is 0 Å². The van der Waals surface area contributed by atoms with Crippen LogP contribution in [0.3, 0.4) is 0 Å². The number of hydrogen-bond acceptors (Lipinski definition) is 8. The van der Waals surface area contributed by atoms with Gasteiger partial charge in [-0.05, 0) is 30.7 Å². The lowest BCUT2D eigenvalue weighted by Crippen LogP contribution is -2.23. The maximum atomic E-state index is 12.8. The molecule has 0 fully saturated rings. The summed E-state index contributed by atoms with van der Waals surface area (Å²) in [5.74, 6) is -0.815. The summed E-state index contributed by atoms with van der Waals surface area (Å²) in [7, 11) is -1.05. The van der Waals surface area contributed by atoms with Gasteiger partial charge in [0.25, 0.3) is 5.69 Å². The maximum absolute atomic E-state index is 12.8. The fourth-order valence-electron chi connectivity index (χ4n) is 2.59. The van der Waals surface area contributed by atoms with Gasteiger partial charge in [0, 0.05) is 38.5 Å². The highest BCUT2D eigenvalue weighted by molar-refractivity contribution is 7.89. The molecule has 0 saturated heterocycles. The van der Waals surface area contributed by atoms with Gasteiger partial charge >= 0.3 is 5.97 Å². The number of esters is 1. The molecule has 11 heteroatoms. The first kappa shape index (κ1) is 23.3. The maximum Gasteiger partial charge on any atom is 0.340 e. The summed E-state index contributed by atoms with van der Waals surface area (Å²) >= 11 is 0. The lowest BCUT2D eigenvalue weighted by molar-refractivity contribution is -0.385. The van der Waals surface area contributed by atoms with E-state index >= 15 is 0 Å². The Bertz CT molecular complexity index is 1040. The van der Waals surface area contributed by atoms with Gasteiger partial charge in [-0.15, -0.1) is 0 Å². The van der Waals surface area contributed by atoms with Crippen LogP contribution in [0.25, 0.3) is 0 Å². The van der Waals surface area contributed by atoms with E-state index in [2.05, 4.69) is 5.32 Å². The van der Waals surface area contributed by atoms with E-state index in [1.807, 2.05) is 0 Å². The van der Waals surface area contributed by atoms with Crippen molar-refractivity contribution < 1.29 is 28.0 Å². The van der Waals surface area contributed by atoms with Crippen LogP contribution in [0, 0.1) is 10.1 Å². The minimum atomic E-state index is -3.79. The molecule has 1 atom stereocenters. The number of nitro benzene ring substituents is 1. The molecule has 0 bridgehead atoms. The summed E-state index contributed by atoms with van der Waals surface area (Å²) in [4.78, 5) is 23.1. The van der Waals surface area contributed by atoms with Crippen molar-refractivity contribution in [3.05, 3.63) is 63.7 Å². The minimum absolute atomic E-state index is 0.0383. The van der Waals surface area contributed by atoms with Gasteiger partial charge in [0.1, 0.15) is 6.10 Å². The molecule has 2 aromatic carbocycles. The van der Waals surface area contributed by atoms with Gasteiger partial charge in [0.2, 0.25) is 10.0 Å². The van der Waals surface area contributed by atoms with Crippen LogP contribution in [0.1, 0.15) is 28.9 Å². The van der Waals surface area contributed by atoms with Crippen molar-refractivity contribution >= 4 is 27.4 Å². The third-order valence-electron chi connectivity index (χ3n) is 4.25. The zero-order chi connectivity index (χ0) is 22.5. The summed E-state index contributed by atoms with van der Waals surface area (Å²) in [5, 5.41) is 22.8. The van der Waals surface area contributed by atoms with Crippen LogP contribution >= 0.6 is 0 Å². The molecule has 0 aliphatic carbocycles. The van der Waals surface area contributed by atoms with E-state index in [1.54, 1.807) is 13.0 Å². The molecule has 0 aliphatic heterocycles. The van der Waals surface area contributed by atoms with E-state index in [1.165, 1.54) is 50.5 Å². The lowest BCUT2D eigenvalue weighted by atomic mass is 10.1. The number of sulfonamides is 1. The molecule has 1 unspecified atom stereocenters. The molecule has 2 N–H and O–H groups in total. The Morgan fingerprint density at radius 3 is 2.57 bits per heavy atom. The number of ether oxygens (including phenoxy) is 1. The Labute approximate surface area is 174 Å². The normalized spacial score (nSPS) is 12.4. The molecule has 0 spiro atoms. The van der Waals surface area contributed by atoms with Crippen LogP contribution in [0.15, 0.2) is 47.4 Å². The zero-order valence-electron chi connectivity index (χ0n) is 16.7. The molecule has 10 nitrogen and oxygen atoms in total. The molecule has 0 aromatic heterocycles.